The van der Waals surface area contributed by atoms with Crippen molar-refractivity contribution < 1.29 is 9.18 Å². The second-order valence-electron chi connectivity index (χ2n) is 6.14. The number of amides is 1. The Labute approximate surface area is 173 Å². The molecule has 0 spiro atoms. The zero-order valence-corrected chi connectivity index (χ0v) is 18.5. The van der Waals surface area contributed by atoms with E-state index in [9.17, 15) is 9.18 Å². The summed E-state index contributed by atoms with van der Waals surface area (Å²) in [5.74, 6) is 0.509. The number of carbonyl (C=O) groups excluding carboxylic acids is 1. The minimum atomic E-state index is -0.209. The number of guanidine groups is 1. The van der Waals surface area contributed by atoms with Gasteiger partial charge >= 0.3 is 0 Å². The second kappa shape index (κ2) is 13.8. The molecule has 1 unspecified atom stereocenters. The lowest BCUT2D eigenvalue weighted by atomic mass is 10.1. The lowest BCUT2D eigenvalue weighted by Crippen LogP contribution is -2.38. The van der Waals surface area contributed by atoms with Crippen LogP contribution in [0.3, 0.4) is 0 Å². The summed E-state index contributed by atoms with van der Waals surface area (Å²) in [5, 5.41) is 9.35. The van der Waals surface area contributed by atoms with Gasteiger partial charge in [0.1, 0.15) is 5.82 Å². The summed E-state index contributed by atoms with van der Waals surface area (Å²) >= 11 is 0. The number of aliphatic imine (C=N–C) groups is 1. The van der Waals surface area contributed by atoms with Gasteiger partial charge < -0.3 is 16.0 Å². The first kappa shape index (κ1) is 24.6. The standard InChI is InChI=1S/C19H31FN4O.HI/c1-5-15(4)24-18(25)10-12-23-19(21-6-2)22-11-9-16-7-8-17(20)13-14(16)3;/h7-8,13,15H,5-6,9-12H2,1-4H3,(H,24,25)(H2,21,22,23);1H. The number of hydrogen-bond donors (Lipinski definition) is 3. The minimum Gasteiger partial charge on any atom is -0.357 e. The monoisotopic (exact) mass is 478 g/mol. The molecule has 1 rings (SSSR count). The molecule has 0 aliphatic carbocycles. The molecule has 0 aliphatic heterocycles. The van der Waals surface area contributed by atoms with E-state index in [0.29, 0.717) is 25.5 Å². The Kier molecular flexibility index (Phi) is 13.0. The largest absolute Gasteiger partial charge is 0.357 e. The zero-order chi connectivity index (χ0) is 18.7. The molecule has 1 atom stereocenters. The van der Waals surface area contributed by atoms with E-state index in [0.717, 1.165) is 30.5 Å². The van der Waals surface area contributed by atoms with Crippen LogP contribution in [0.25, 0.3) is 0 Å². The first-order valence-electron chi connectivity index (χ1n) is 9.02. The number of rotatable bonds is 9. The van der Waals surface area contributed by atoms with Crippen molar-refractivity contribution in [1.29, 1.82) is 0 Å². The third-order valence-corrected chi connectivity index (χ3v) is 3.96. The lowest BCUT2D eigenvalue weighted by molar-refractivity contribution is -0.121. The van der Waals surface area contributed by atoms with Crippen LogP contribution in [0, 0.1) is 12.7 Å². The van der Waals surface area contributed by atoms with Gasteiger partial charge in [-0.05, 0) is 56.9 Å². The summed E-state index contributed by atoms with van der Waals surface area (Å²) in [6.45, 7) is 9.82. The number of nitrogens with zero attached hydrogens (tertiary/aromatic N) is 1. The van der Waals surface area contributed by atoms with Crippen molar-refractivity contribution in [3.63, 3.8) is 0 Å². The van der Waals surface area contributed by atoms with Crippen molar-refractivity contribution in [1.82, 2.24) is 16.0 Å². The third kappa shape index (κ3) is 9.94. The fraction of sp³-hybridized carbons (Fsp3) is 0.579. The molecule has 0 bridgehead atoms. The first-order valence-corrected chi connectivity index (χ1v) is 9.02. The summed E-state index contributed by atoms with van der Waals surface area (Å²) < 4.78 is 13.1. The second-order valence-corrected chi connectivity index (χ2v) is 6.14. The smallest absolute Gasteiger partial charge is 0.222 e. The van der Waals surface area contributed by atoms with E-state index in [1.165, 1.54) is 6.07 Å². The van der Waals surface area contributed by atoms with Crippen LogP contribution in [0.1, 0.15) is 44.7 Å². The van der Waals surface area contributed by atoms with Crippen molar-refractivity contribution in [2.24, 2.45) is 4.99 Å². The minimum absolute atomic E-state index is 0. The number of nitrogens with one attached hydrogen (secondary N) is 3. The number of benzene rings is 1. The number of hydrogen-bond acceptors (Lipinski definition) is 2. The molecule has 7 heteroatoms. The highest BCUT2D eigenvalue weighted by Crippen LogP contribution is 2.10. The summed E-state index contributed by atoms with van der Waals surface area (Å²) in [6.07, 6.45) is 2.07. The zero-order valence-electron chi connectivity index (χ0n) is 16.2. The van der Waals surface area contributed by atoms with Gasteiger partial charge in [0.2, 0.25) is 5.91 Å². The first-order chi connectivity index (χ1) is 12.0. The molecular weight excluding hydrogens is 446 g/mol. The van der Waals surface area contributed by atoms with Crippen molar-refractivity contribution >= 4 is 35.8 Å². The van der Waals surface area contributed by atoms with Crippen molar-refractivity contribution in [3.8, 4) is 0 Å². The molecule has 0 radical (unpaired) electrons. The Morgan fingerprint density at radius 2 is 2.00 bits per heavy atom. The third-order valence-electron chi connectivity index (χ3n) is 3.96. The van der Waals surface area contributed by atoms with E-state index >= 15 is 0 Å². The molecule has 148 valence electrons. The Bertz CT molecular complexity index is 581. The average Bonchev–Trinajstić information content (AvgIpc) is 2.56. The normalized spacial score (nSPS) is 12.1. The molecule has 3 N–H and O–H groups in total. The van der Waals surface area contributed by atoms with Crippen LogP contribution < -0.4 is 16.0 Å². The maximum Gasteiger partial charge on any atom is 0.222 e. The van der Waals surface area contributed by atoms with E-state index < -0.39 is 0 Å². The fourth-order valence-electron chi connectivity index (χ4n) is 2.32. The Morgan fingerprint density at radius 1 is 1.27 bits per heavy atom. The molecule has 0 heterocycles. The van der Waals surface area contributed by atoms with Crippen LogP contribution in [0.5, 0.6) is 0 Å². The van der Waals surface area contributed by atoms with Crippen LogP contribution in [0.4, 0.5) is 4.39 Å². The fourth-order valence-corrected chi connectivity index (χ4v) is 2.32. The van der Waals surface area contributed by atoms with Crippen LogP contribution >= 0.6 is 24.0 Å². The molecule has 1 aromatic carbocycles. The van der Waals surface area contributed by atoms with Crippen molar-refractivity contribution in [2.75, 3.05) is 19.6 Å². The van der Waals surface area contributed by atoms with E-state index in [2.05, 4.69) is 20.9 Å². The maximum atomic E-state index is 13.1. The van der Waals surface area contributed by atoms with Crippen molar-refractivity contribution in [3.05, 3.63) is 35.1 Å². The summed E-state index contributed by atoms with van der Waals surface area (Å²) in [5.41, 5.74) is 2.06. The van der Waals surface area contributed by atoms with Crippen LogP contribution in [0.15, 0.2) is 23.2 Å². The average molecular weight is 478 g/mol. The van der Waals surface area contributed by atoms with Gasteiger partial charge in [0.25, 0.3) is 0 Å². The van der Waals surface area contributed by atoms with E-state index in [1.54, 1.807) is 6.07 Å². The van der Waals surface area contributed by atoms with Crippen LogP contribution in [0.2, 0.25) is 0 Å². The van der Waals surface area contributed by atoms with Gasteiger partial charge in [-0.2, -0.15) is 0 Å². The van der Waals surface area contributed by atoms with E-state index in [-0.39, 0.29) is 41.7 Å². The maximum absolute atomic E-state index is 13.1. The highest BCUT2D eigenvalue weighted by molar-refractivity contribution is 14.0. The SMILES string of the molecule is CCNC(=NCCC(=O)NC(C)CC)NCCc1ccc(F)cc1C.I. The van der Waals surface area contributed by atoms with Gasteiger partial charge in [0.05, 0.1) is 6.54 Å². The lowest BCUT2D eigenvalue weighted by Gasteiger charge is -2.13. The van der Waals surface area contributed by atoms with Gasteiger partial charge in [0, 0.05) is 25.6 Å². The van der Waals surface area contributed by atoms with Crippen LogP contribution in [-0.2, 0) is 11.2 Å². The van der Waals surface area contributed by atoms with E-state index in [1.807, 2.05) is 33.8 Å². The van der Waals surface area contributed by atoms with E-state index in [4.69, 9.17) is 0 Å². The molecule has 5 nitrogen and oxygen atoms in total. The Balaban J connectivity index is 0.00000625. The molecule has 0 fully saturated rings. The number of aryl methyl sites for hydroxylation is 1. The van der Waals surface area contributed by atoms with Crippen LogP contribution in [-0.4, -0.2) is 37.5 Å². The molecule has 0 saturated heterocycles. The highest BCUT2D eigenvalue weighted by Gasteiger charge is 2.05. The molecule has 26 heavy (non-hydrogen) atoms. The predicted octanol–water partition coefficient (Wildman–Crippen LogP) is 3.15. The number of halogens is 2. The summed E-state index contributed by atoms with van der Waals surface area (Å²) in [4.78, 5) is 16.2. The van der Waals surface area contributed by atoms with Crippen molar-refractivity contribution in [2.45, 2.75) is 53.0 Å². The molecule has 0 saturated carbocycles. The number of carbonyl (C=O) groups is 1. The molecule has 0 aromatic heterocycles. The molecule has 0 aliphatic rings. The van der Waals surface area contributed by atoms with Gasteiger partial charge in [-0.15, -0.1) is 24.0 Å². The predicted molar refractivity (Wildman–Crippen MR) is 117 cm³/mol. The Hall–Kier alpha value is -1.38. The van der Waals surface area contributed by atoms with Gasteiger partial charge in [0.15, 0.2) is 5.96 Å². The van der Waals surface area contributed by atoms with Gasteiger partial charge in [-0.1, -0.05) is 13.0 Å². The Morgan fingerprint density at radius 3 is 2.62 bits per heavy atom. The van der Waals surface area contributed by atoms with Gasteiger partial charge in [-0.25, -0.2) is 4.39 Å². The summed E-state index contributed by atoms with van der Waals surface area (Å²) in [7, 11) is 0. The molecule has 1 amide bonds. The molecular formula is C19H32FIN4O. The molecule has 1 aromatic rings. The highest BCUT2D eigenvalue weighted by atomic mass is 127. The summed E-state index contributed by atoms with van der Waals surface area (Å²) in [6, 6.07) is 5.04. The quantitative estimate of drug-likeness (QED) is 0.290. The topological polar surface area (TPSA) is 65.5 Å². The van der Waals surface area contributed by atoms with Gasteiger partial charge in [-0.3, -0.25) is 9.79 Å².